The van der Waals surface area contributed by atoms with Gasteiger partial charge in [0.15, 0.2) is 0 Å². The first kappa shape index (κ1) is 24.7. The second-order valence-electron chi connectivity index (χ2n) is 9.28. The average molecular weight is 444 g/mol. The molecular formula is C26H41N3O3. The molecule has 2 aliphatic rings. The zero-order valence-corrected chi connectivity index (χ0v) is 19.8. The van der Waals surface area contributed by atoms with Crippen molar-refractivity contribution in [3.05, 3.63) is 29.1 Å². The van der Waals surface area contributed by atoms with E-state index in [2.05, 4.69) is 22.8 Å². The molecule has 1 saturated heterocycles. The Morgan fingerprint density at radius 1 is 1.12 bits per heavy atom. The molecule has 2 heterocycles. The molecule has 1 amide bonds. The number of pyridine rings is 1. The van der Waals surface area contributed by atoms with Gasteiger partial charge < -0.3 is 15.4 Å². The molecule has 1 aromatic rings. The maximum Gasteiger partial charge on any atom is 0.328 e. The fraction of sp³-hybridized carbons (Fsp3) is 0.731. The van der Waals surface area contributed by atoms with E-state index in [0.29, 0.717) is 19.6 Å². The van der Waals surface area contributed by atoms with Crippen molar-refractivity contribution >= 4 is 11.9 Å². The zero-order chi connectivity index (χ0) is 22.6. The lowest BCUT2D eigenvalue weighted by Gasteiger charge is -2.24. The molecule has 0 spiro atoms. The molecule has 32 heavy (non-hydrogen) atoms. The van der Waals surface area contributed by atoms with Crippen LogP contribution < -0.4 is 10.6 Å². The summed E-state index contributed by atoms with van der Waals surface area (Å²) in [6.07, 6.45) is 13.9. The van der Waals surface area contributed by atoms with Crippen molar-refractivity contribution < 1.29 is 14.3 Å². The van der Waals surface area contributed by atoms with Crippen molar-refractivity contribution in [3.8, 4) is 0 Å². The van der Waals surface area contributed by atoms with E-state index in [1.54, 1.807) is 6.92 Å². The van der Waals surface area contributed by atoms with Crippen LogP contribution in [0.2, 0.25) is 0 Å². The first-order chi connectivity index (χ1) is 15.7. The number of carbonyl (C=O) groups excluding carboxylic acids is 2. The van der Waals surface area contributed by atoms with Gasteiger partial charge in [0.05, 0.1) is 12.5 Å². The topological polar surface area (TPSA) is 80.3 Å². The number of esters is 1. The second-order valence-corrected chi connectivity index (χ2v) is 9.28. The minimum absolute atomic E-state index is 0.0206. The SMILES string of the molecule is CCOC(=O)[C@H](CCCCCCCc1ccc2c(n1)CCCC2)NC(=O)[C@H]1CCCNC1. The highest BCUT2D eigenvalue weighted by Gasteiger charge is 2.27. The smallest absolute Gasteiger partial charge is 0.328 e. The lowest BCUT2D eigenvalue weighted by Crippen LogP contribution is -2.47. The van der Waals surface area contributed by atoms with Crippen LogP contribution >= 0.6 is 0 Å². The van der Waals surface area contributed by atoms with E-state index < -0.39 is 6.04 Å². The predicted molar refractivity (Wildman–Crippen MR) is 126 cm³/mol. The molecule has 0 bridgehead atoms. The van der Waals surface area contributed by atoms with Crippen molar-refractivity contribution in [3.63, 3.8) is 0 Å². The standard InChI is InChI=1S/C26H41N3O3/c1-2-32-26(31)24(29-25(30)21-12-10-18-27-19-21)15-7-5-3-4-6-13-22-17-16-20-11-8-9-14-23(20)28-22/h16-17,21,24,27H,2-15,18-19H2,1H3,(H,29,30)/t21-,24-/m0/s1. The van der Waals surface area contributed by atoms with Crippen LogP contribution in [-0.2, 0) is 33.6 Å². The highest BCUT2D eigenvalue weighted by Crippen LogP contribution is 2.20. The molecule has 6 nitrogen and oxygen atoms in total. The number of nitrogens with zero attached hydrogens (tertiary/aromatic N) is 1. The number of piperidine rings is 1. The number of hydrogen-bond donors (Lipinski definition) is 2. The van der Waals surface area contributed by atoms with Crippen LogP contribution in [-0.4, -0.2) is 42.6 Å². The molecule has 0 unspecified atom stereocenters. The lowest BCUT2D eigenvalue weighted by atomic mass is 9.95. The summed E-state index contributed by atoms with van der Waals surface area (Å²) in [7, 11) is 0. The Morgan fingerprint density at radius 3 is 2.75 bits per heavy atom. The highest BCUT2D eigenvalue weighted by atomic mass is 16.5. The first-order valence-corrected chi connectivity index (χ1v) is 12.8. The van der Waals surface area contributed by atoms with E-state index in [0.717, 1.165) is 57.9 Å². The summed E-state index contributed by atoms with van der Waals surface area (Å²) in [6.45, 7) is 3.81. The monoisotopic (exact) mass is 443 g/mol. The molecule has 1 aliphatic heterocycles. The number of hydrogen-bond acceptors (Lipinski definition) is 5. The van der Waals surface area contributed by atoms with Gasteiger partial charge >= 0.3 is 5.97 Å². The number of nitrogens with one attached hydrogen (secondary N) is 2. The van der Waals surface area contributed by atoms with Crippen molar-refractivity contribution in [1.29, 1.82) is 0 Å². The van der Waals surface area contributed by atoms with Gasteiger partial charge in [-0.25, -0.2) is 4.79 Å². The van der Waals surface area contributed by atoms with Gasteiger partial charge in [0.2, 0.25) is 5.91 Å². The van der Waals surface area contributed by atoms with E-state index in [1.807, 2.05) is 0 Å². The number of fused-ring (bicyclic) bond motifs is 1. The number of rotatable bonds is 12. The third-order valence-electron chi connectivity index (χ3n) is 6.72. The molecule has 0 aromatic carbocycles. The summed E-state index contributed by atoms with van der Waals surface area (Å²) in [5, 5.41) is 6.22. The maximum atomic E-state index is 12.6. The third kappa shape index (κ3) is 7.88. The quantitative estimate of drug-likeness (QED) is 0.378. The number of amides is 1. The minimum atomic E-state index is -0.524. The molecule has 1 aromatic heterocycles. The van der Waals surface area contributed by atoms with Gasteiger partial charge in [0.1, 0.15) is 6.04 Å². The van der Waals surface area contributed by atoms with Gasteiger partial charge in [0, 0.05) is 17.9 Å². The number of aromatic nitrogens is 1. The molecule has 0 saturated carbocycles. The van der Waals surface area contributed by atoms with Crippen LogP contribution in [0.3, 0.4) is 0 Å². The molecule has 178 valence electrons. The Hall–Kier alpha value is -1.95. The summed E-state index contributed by atoms with van der Waals surface area (Å²) < 4.78 is 5.20. The third-order valence-corrected chi connectivity index (χ3v) is 6.72. The largest absolute Gasteiger partial charge is 0.464 e. The normalized spacial score (nSPS) is 19.1. The van der Waals surface area contributed by atoms with Gasteiger partial charge in [-0.3, -0.25) is 9.78 Å². The van der Waals surface area contributed by atoms with E-state index >= 15 is 0 Å². The van der Waals surface area contributed by atoms with Gasteiger partial charge in [-0.15, -0.1) is 0 Å². The van der Waals surface area contributed by atoms with Crippen molar-refractivity contribution in [1.82, 2.24) is 15.6 Å². The van der Waals surface area contributed by atoms with Gasteiger partial charge in [0.25, 0.3) is 0 Å². The van der Waals surface area contributed by atoms with Crippen LogP contribution in [0.25, 0.3) is 0 Å². The average Bonchev–Trinajstić information content (AvgIpc) is 2.83. The Morgan fingerprint density at radius 2 is 1.94 bits per heavy atom. The fourth-order valence-corrected chi connectivity index (χ4v) is 4.81. The Labute approximate surface area is 193 Å². The summed E-state index contributed by atoms with van der Waals surface area (Å²) in [5.41, 5.74) is 4.00. The molecule has 0 radical (unpaired) electrons. The van der Waals surface area contributed by atoms with Crippen LogP contribution in [0.5, 0.6) is 0 Å². The minimum Gasteiger partial charge on any atom is -0.464 e. The molecule has 2 atom stereocenters. The summed E-state index contributed by atoms with van der Waals surface area (Å²) >= 11 is 0. The lowest BCUT2D eigenvalue weighted by molar-refractivity contribution is -0.148. The highest BCUT2D eigenvalue weighted by molar-refractivity contribution is 5.85. The first-order valence-electron chi connectivity index (χ1n) is 12.8. The Balaban J connectivity index is 1.33. The summed E-state index contributed by atoms with van der Waals surface area (Å²) in [6, 6.07) is 3.96. The van der Waals surface area contributed by atoms with Gasteiger partial charge in [-0.2, -0.15) is 0 Å². The van der Waals surface area contributed by atoms with E-state index in [1.165, 1.54) is 42.6 Å². The van der Waals surface area contributed by atoms with E-state index in [4.69, 9.17) is 9.72 Å². The fourth-order valence-electron chi connectivity index (χ4n) is 4.81. The number of carbonyl (C=O) groups is 2. The van der Waals surface area contributed by atoms with Crippen molar-refractivity contribution in [2.45, 2.75) is 96.4 Å². The van der Waals surface area contributed by atoms with Crippen LogP contribution in [0, 0.1) is 5.92 Å². The zero-order valence-electron chi connectivity index (χ0n) is 19.8. The van der Waals surface area contributed by atoms with Crippen molar-refractivity contribution in [2.75, 3.05) is 19.7 Å². The number of unbranched alkanes of at least 4 members (excludes halogenated alkanes) is 4. The molecule has 6 heteroatoms. The summed E-state index contributed by atoms with van der Waals surface area (Å²) in [5.74, 6) is -0.367. The van der Waals surface area contributed by atoms with Crippen LogP contribution in [0.4, 0.5) is 0 Å². The van der Waals surface area contributed by atoms with Crippen LogP contribution in [0.15, 0.2) is 12.1 Å². The van der Waals surface area contributed by atoms with E-state index in [9.17, 15) is 9.59 Å². The van der Waals surface area contributed by atoms with E-state index in [-0.39, 0.29) is 17.8 Å². The number of aryl methyl sites for hydroxylation is 3. The molecule has 2 N–H and O–H groups in total. The molecule has 1 aliphatic carbocycles. The van der Waals surface area contributed by atoms with Gasteiger partial charge in [-0.1, -0.05) is 31.7 Å². The molecular weight excluding hydrogens is 402 g/mol. The number of ether oxygens (including phenoxy) is 1. The maximum absolute atomic E-state index is 12.6. The van der Waals surface area contributed by atoms with Gasteiger partial charge in [-0.05, 0) is 82.9 Å². The molecule has 1 fully saturated rings. The summed E-state index contributed by atoms with van der Waals surface area (Å²) in [4.78, 5) is 29.8. The van der Waals surface area contributed by atoms with Crippen LogP contribution in [0.1, 0.15) is 88.1 Å². The Bertz CT molecular complexity index is 731. The van der Waals surface area contributed by atoms with Crippen molar-refractivity contribution in [2.24, 2.45) is 5.92 Å². The Kier molecular flexibility index (Phi) is 10.5. The molecule has 3 rings (SSSR count). The predicted octanol–water partition coefficient (Wildman–Crippen LogP) is 3.89. The second kappa shape index (κ2) is 13.6.